The molecule has 0 atom stereocenters. The van der Waals surface area contributed by atoms with Crippen LogP contribution in [0.2, 0.25) is 0 Å². The second kappa shape index (κ2) is 8.69. The minimum absolute atomic E-state index is 0.841. The van der Waals surface area contributed by atoms with Crippen molar-refractivity contribution in [3.63, 3.8) is 0 Å². The Bertz CT molecular complexity index is 1260. The van der Waals surface area contributed by atoms with Crippen LogP contribution in [0.1, 0.15) is 12.0 Å². The van der Waals surface area contributed by atoms with Crippen molar-refractivity contribution in [3.05, 3.63) is 84.4 Å². The monoisotopic (exact) mass is 412 g/mol. The molecule has 0 spiro atoms. The average Bonchev–Trinajstić information content (AvgIpc) is 3.38. The zero-order valence-electron chi connectivity index (χ0n) is 16.7. The maximum atomic E-state index is 4.54. The number of aromatic nitrogens is 2. The van der Waals surface area contributed by atoms with Gasteiger partial charge >= 0.3 is 0 Å². The molecule has 4 nitrogen and oxygen atoms in total. The van der Waals surface area contributed by atoms with Gasteiger partial charge in [0.05, 0.1) is 10.4 Å². The Morgan fingerprint density at radius 3 is 2.47 bits per heavy atom. The molecule has 150 valence electrons. The van der Waals surface area contributed by atoms with Gasteiger partial charge in [-0.15, -0.1) is 0 Å². The summed E-state index contributed by atoms with van der Waals surface area (Å²) in [6.45, 7) is 2.69. The van der Waals surface area contributed by atoms with Crippen molar-refractivity contribution in [2.45, 2.75) is 13.0 Å². The van der Waals surface area contributed by atoms with Crippen LogP contribution >= 0.6 is 11.5 Å². The average molecular weight is 413 g/mol. The first-order valence-electron chi connectivity index (χ1n) is 10.3. The molecule has 5 heteroatoms. The molecule has 5 aromatic rings. The molecular weight excluding hydrogens is 388 g/mol. The first kappa shape index (κ1) is 18.9. The van der Waals surface area contributed by atoms with E-state index >= 15 is 0 Å². The van der Waals surface area contributed by atoms with Crippen LogP contribution in [0.25, 0.3) is 32.2 Å². The van der Waals surface area contributed by atoms with Gasteiger partial charge in [0, 0.05) is 29.4 Å². The predicted octanol–water partition coefficient (Wildman–Crippen LogP) is 6.04. The lowest BCUT2D eigenvalue weighted by Crippen LogP contribution is -2.18. The summed E-state index contributed by atoms with van der Waals surface area (Å²) in [4.78, 5) is 3.61. The van der Waals surface area contributed by atoms with E-state index in [0.717, 1.165) is 31.9 Å². The molecule has 0 saturated heterocycles. The van der Waals surface area contributed by atoms with Gasteiger partial charge in [0.1, 0.15) is 5.82 Å². The normalized spacial score (nSPS) is 11.3. The van der Waals surface area contributed by atoms with Crippen molar-refractivity contribution in [1.29, 1.82) is 0 Å². The second-order valence-electron chi connectivity index (χ2n) is 7.37. The highest BCUT2D eigenvalue weighted by molar-refractivity contribution is 7.13. The van der Waals surface area contributed by atoms with E-state index < -0.39 is 0 Å². The number of nitrogens with zero attached hydrogens (tertiary/aromatic N) is 1. The quantitative estimate of drug-likeness (QED) is 0.273. The Hall–Kier alpha value is -3.15. The summed E-state index contributed by atoms with van der Waals surface area (Å²) in [6.07, 6.45) is 1.04. The number of hydrogen-bond donors (Lipinski definition) is 3. The number of aromatic amines is 1. The molecule has 0 saturated carbocycles. The summed E-state index contributed by atoms with van der Waals surface area (Å²) in [7, 11) is 0. The van der Waals surface area contributed by atoms with Crippen LogP contribution in [0.3, 0.4) is 0 Å². The molecule has 0 radical (unpaired) electrons. The Morgan fingerprint density at radius 1 is 0.800 bits per heavy atom. The molecular formula is C25H24N4S. The lowest BCUT2D eigenvalue weighted by molar-refractivity contribution is 0.666. The molecule has 0 aliphatic carbocycles. The van der Waals surface area contributed by atoms with Crippen LogP contribution in [0, 0.1) is 0 Å². The van der Waals surface area contributed by atoms with E-state index in [2.05, 4.69) is 98.9 Å². The van der Waals surface area contributed by atoms with E-state index in [1.807, 2.05) is 0 Å². The number of H-pyrrole nitrogens is 1. The summed E-state index contributed by atoms with van der Waals surface area (Å²) < 4.78 is 5.77. The molecule has 30 heavy (non-hydrogen) atoms. The van der Waals surface area contributed by atoms with Crippen molar-refractivity contribution < 1.29 is 0 Å². The van der Waals surface area contributed by atoms with Crippen LogP contribution < -0.4 is 10.6 Å². The Labute approximate surface area is 180 Å². The van der Waals surface area contributed by atoms with E-state index in [1.165, 1.54) is 37.8 Å². The van der Waals surface area contributed by atoms with Crippen LogP contribution in [0.4, 0.5) is 5.82 Å². The predicted molar refractivity (Wildman–Crippen MR) is 128 cm³/mol. The first-order valence-corrected chi connectivity index (χ1v) is 11.1. The maximum Gasteiger partial charge on any atom is 0.147 e. The Balaban J connectivity index is 1.21. The Kier molecular flexibility index (Phi) is 5.46. The topological polar surface area (TPSA) is 52.7 Å². The fourth-order valence-corrected chi connectivity index (χ4v) is 4.64. The third kappa shape index (κ3) is 3.82. The van der Waals surface area contributed by atoms with E-state index in [9.17, 15) is 0 Å². The van der Waals surface area contributed by atoms with Crippen molar-refractivity contribution in [2.24, 2.45) is 0 Å². The molecule has 2 heterocycles. The zero-order chi connectivity index (χ0) is 20.2. The van der Waals surface area contributed by atoms with Crippen LogP contribution in [-0.4, -0.2) is 22.4 Å². The van der Waals surface area contributed by atoms with Crippen LogP contribution in [-0.2, 0) is 6.54 Å². The number of benzene rings is 3. The summed E-state index contributed by atoms with van der Waals surface area (Å²) in [5.41, 5.74) is 4.94. The fraction of sp³-hybridized carbons (Fsp3) is 0.160. The van der Waals surface area contributed by atoms with Crippen LogP contribution in [0.5, 0.6) is 0 Å². The highest BCUT2D eigenvalue weighted by Gasteiger charge is 2.12. The zero-order valence-corrected chi connectivity index (χ0v) is 17.5. The molecule has 3 N–H and O–H groups in total. The minimum atomic E-state index is 0.841. The first-order chi connectivity index (χ1) is 14.9. The summed E-state index contributed by atoms with van der Waals surface area (Å²) in [5, 5.41) is 9.61. The standard InChI is InChI=1S/C25H24N4S/c1-2-9-18(10-3-1)24-21(19-11-4-6-13-22(19)28-24)17-26-15-8-16-27-25-20-12-5-7-14-23(20)30-29-25/h1-7,9-14,26,28H,8,15-17H2,(H,27,29). The highest BCUT2D eigenvalue weighted by Crippen LogP contribution is 2.30. The number of fused-ring (bicyclic) bond motifs is 2. The molecule has 3 aromatic carbocycles. The van der Waals surface area contributed by atoms with Gasteiger partial charge < -0.3 is 15.6 Å². The molecule has 0 bridgehead atoms. The van der Waals surface area contributed by atoms with Gasteiger partial charge in [0.25, 0.3) is 0 Å². The summed E-state index contributed by atoms with van der Waals surface area (Å²) in [5.74, 6) is 0.999. The highest BCUT2D eigenvalue weighted by atomic mass is 32.1. The van der Waals surface area contributed by atoms with Gasteiger partial charge in [-0.2, -0.15) is 4.37 Å². The van der Waals surface area contributed by atoms with Gasteiger partial charge in [-0.1, -0.05) is 60.7 Å². The molecule has 0 unspecified atom stereocenters. The van der Waals surface area contributed by atoms with E-state index in [-0.39, 0.29) is 0 Å². The lowest BCUT2D eigenvalue weighted by Gasteiger charge is -2.08. The van der Waals surface area contributed by atoms with Crippen molar-refractivity contribution in [2.75, 3.05) is 18.4 Å². The van der Waals surface area contributed by atoms with Crippen LogP contribution in [0.15, 0.2) is 78.9 Å². The molecule has 2 aromatic heterocycles. The summed E-state index contributed by atoms with van der Waals surface area (Å²) in [6, 6.07) is 27.5. The number of para-hydroxylation sites is 1. The number of rotatable bonds is 8. The third-order valence-electron chi connectivity index (χ3n) is 5.38. The van der Waals surface area contributed by atoms with Gasteiger partial charge in [0.15, 0.2) is 0 Å². The maximum absolute atomic E-state index is 4.54. The summed E-state index contributed by atoms with van der Waals surface area (Å²) >= 11 is 1.55. The number of anilines is 1. The van der Waals surface area contributed by atoms with Crippen molar-refractivity contribution in [1.82, 2.24) is 14.7 Å². The van der Waals surface area contributed by atoms with E-state index in [0.29, 0.717) is 0 Å². The van der Waals surface area contributed by atoms with E-state index in [4.69, 9.17) is 0 Å². The Morgan fingerprint density at radius 2 is 1.57 bits per heavy atom. The number of nitrogens with one attached hydrogen (secondary N) is 3. The smallest absolute Gasteiger partial charge is 0.147 e. The fourth-order valence-electron chi connectivity index (χ4n) is 3.88. The van der Waals surface area contributed by atoms with Crippen molar-refractivity contribution in [3.8, 4) is 11.3 Å². The van der Waals surface area contributed by atoms with E-state index in [1.54, 1.807) is 11.5 Å². The molecule has 0 amide bonds. The van der Waals surface area contributed by atoms with Crippen molar-refractivity contribution >= 4 is 38.3 Å². The molecule has 0 aliphatic rings. The lowest BCUT2D eigenvalue weighted by atomic mass is 10.1. The minimum Gasteiger partial charge on any atom is -0.369 e. The SMILES string of the molecule is c1ccc(-c2[nH]c3ccccc3c2CNCCCNc2nsc3ccccc23)cc1. The van der Waals surface area contributed by atoms with Gasteiger partial charge in [-0.25, -0.2) is 0 Å². The molecule has 0 aliphatic heterocycles. The second-order valence-corrected chi connectivity index (χ2v) is 8.18. The molecule has 5 rings (SSSR count). The van der Waals surface area contributed by atoms with Gasteiger partial charge in [-0.05, 0) is 53.8 Å². The number of hydrogen-bond acceptors (Lipinski definition) is 4. The third-order valence-corrected chi connectivity index (χ3v) is 6.20. The van der Waals surface area contributed by atoms with Gasteiger partial charge in [-0.3, -0.25) is 0 Å². The molecule has 0 fully saturated rings. The largest absolute Gasteiger partial charge is 0.369 e. The van der Waals surface area contributed by atoms with Gasteiger partial charge in [0.2, 0.25) is 0 Å².